The number of rotatable bonds is 5. The average molecular weight is 323 g/mol. The van der Waals surface area contributed by atoms with Gasteiger partial charge in [-0.1, -0.05) is 36.4 Å². The summed E-state index contributed by atoms with van der Waals surface area (Å²) in [6.45, 7) is -1.23. The van der Waals surface area contributed by atoms with Crippen molar-refractivity contribution in [3.63, 3.8) is 0 Å². The topological polar surface area (TPSA) is 59.6 Å². The summed E-state index contributed by atoms with van der Waals surface area (Å²) in [7, 11) is 0. The van der Waals surface area contributed by atoms with Gasteiger partial charge in [0.2, 0.25) is 0 Å². The fourth-order valence-corrected chi connectivity index (χ4v) is 1.81. The van der Waals surface area contributed by atoms with E-state index in [-0.39, 0.29) is 18.3 Å². The van der Waals surface area contributed by atoms with Gasteiger partial charge in [0.05, 0.1) is 6.54 Å². The Bertz CT molecular complexity index is 657. The highest BCUT2D eigenvalue weighted by molar-refractivity contribution is 5.92. The van der Waals surface area contributed by atoms with Crippen LogP contribution in [0.4, 0.5) is 18.9 Å². The van der Waals surface area contributed by atoms with E-state index in [0.717, 1.165) is 5.69 Å². The maximum absolute atomic E-state index is 12.2. The van der Waals surface area contributed by atoms with Gasteiger partial charge in [0, 0.05) is 11.3 Å². The summed E-state index contributed by atoms with van der Waals surface area (Å²) in [6, 6.07) is 15.6. The first-order valence-electron chi connectivity index (χ1n) is 6.83. The van der Waals surface area contributed by atoms with Gasteiger partial charge in [0.15, 0.2) is 12.6 Å². The first-order chi connectivity index (χ1) is 10.9. The number of hydrogen-bond donors (Lipinski definition) is 2. The molecule has 0 aliphatic heterocycles. The van der Waals surface area contributed by atoms with E-state index in [9.17, 15) is 13.2 Å². The zero-order valence-electron chi connectivity index (χ0n) is 12.2. The predicted octanol–water partition coefficient (Wildman–Crippen LogP) is 3.55. The minimum Gasteiger partial charge on any atom is -0.484 e. The van der Waals surface area contributed by atoms with Crippen molar-refractivity contribution >= 4 is 11.6 Å². The lowest BCUT2D eigenvalue weighted by Crippen LogP contribution is -2.22. The van der Waals surface area contributed by atoms with Crippen LogP contribution in [0.5, 0.6) is 5.75 Å². The van der Waals surface area contributed by atoms with Gasteiger partial charge in [-0.25, -0.2) is 4.99 Å². The van der Waals surface area contributed by atoms with Gasteiger partial charge in [0.1, 0.15) is 5.75 Å². The van der Waals surface area contributed by atoms with Crippen molar-refractivity contribution in [1.29, 1.82) is 0 Å². The molecule has 0 saturated carbocycles. The van der Waals surface area contributed by atoms with E-state index in [2.05, 4.69) is 10.3 Å². The molecule has 0 atom stereocenters. The molecule has 0 aliphatic carbocycles. The molecule has 122 valence electrons. The summed E-state index contributed by atoms with van der Waals surface area (Å²) in [6.07, 6.45) is -4.38. The second-order valence-electron chi connectivity index (χ2n) is 4.70. The zero-order valence-corrected chi connectivity index (χ0v) is 12.2. The number of anilines is 1. The fourth-order valence-electron chi connectivity index (χ4n) is 1.81. The number of halogens is 3. The van der Waals surface area contributed by atoms with E-state index < -0.39 is 12.8 Å². The SMILES string of the molecule is NC(=NCc1ccccc1OCC(F)(F)F)Nc1ccccc1. The third kappa shape index (κ3) is 5.90. The zero-order chi connectivity index (χ0) is 16.7. The molecular weight excluding hydrogens is 307 g/mol. The van der Waals surface area contributed by atoms with Gasteiger partial charge in [-0.3, -0.25) is 0 Å². The molecule has 23 heavy (non-hydrogen) atoms. The summed E-state index contributed by atoms with van der Waals surface area (Å²) in [5.74, 6) is 0.308. The van der Waals surface area contributed by atoms with Crippen molar-refractivity contribution in [1.82, 2.24) is 0 Å². The lowest BCUT2D eigenvalue weighted by Gasteiger charge is -2.12. The number of guanidine groups is 1. The maximum atomic E-state index is 12.2. The standard InChI is InChI=1S/C16H16F3N3O/c17-16(18,19)11-23-14-9-5-4-6-12(14)10-21-15(20)22-13-7-2-1-3-8-13/h1-9H,10-11H2,(H3,20,21,22). The molecule has 0 fully saturated rings. The number of benzene rings is 2. The Morgan fingerprint density at radius 2 is 1.70 bits per heavy atom. The number of hydrogen-bond acceptors (Lipinski definition) is 2. The molecule has 0 heterocycles. The van der Waals surface area contributed by atoms with Crippen molar-refractivity contribution < 1.29 is 17.9 Å². The summed E-state index contributed by atoms with van der Waals surface area (Å²) in [4.78, 5) is 4.12. The smallest absolute Gasteiger partial charge is 0.422 e. The molecule has 0 amide bonds. The average Bonchev–Trinajstić information content (AvgIpc) is 2.52. The summed E-state index contributed by atoms with van der Waals surface area (Å²) >= 11 is 0. The van der Waals surface area contributed by atoms with Crippen LogP contribution >= 0.6 is 0 Å². The molecule has 0 aliphatic rings. The van der Waals surface area contributed by atoms with E-state index in [1.807, 2.05) is 30.3 Å². The van der Waals surface area contributed by atoms with Crippen LogP contribution in [0.1, 0.15) is 5.56 Å². The summed E-state index contributed by atoms with van der Waals surface area (Å²) in [5.41, 5.74) is 7.06. The van der Waals surface area contributed by atoms with Crippen LogP contribution in [0.25, 0.3) is 0 Å². The number of ether oxygens (including phenoxy) is 1. The van der Waals surface area contributed by atoms with Crippen LogP contribution in [0.3, 0.4) is 0 Å². The molecule has 0 radical (unpaired) electrons. The highest BCUT2D eigenvalue weighted by Gasteiger charge is 2.28. The largest absolute Gasteiger partial charge is 0.484 e. The van der Waals surface area contributed by atoms with Gasteiger partial charge >= 0.3 is 6.18 Å². The number of nitrogens with zero attached hydrogens (tertiary/aromatic N) is 1. The Morgan fingerprint density at radius 3 is 2.39 bits per heavy atom. The maximum Gasteiger partial charge on any atom is 0.422 e. The van der Waals surface area contributed by atoms with Crippen LogP contribution in [0.2, 0.25) is 0 Å². The second-order valence-corrected chi connectivity index (χ2v) is 4.70. The third-order valence-electron chi connectivity index (χ3n) is 2.83. The van der Waals surface area contributed by atoms with E-state index in [1.54, 1.807) is 18.2 Å². The molecular formula is C16H16F3N3O. The van der Waals surface area contributed by atoms with Crippen molar-refractivity contribution in [2.24, 2.45) is 10.7 Å². The number of nitrogens with two attached hydrogens (primary N) is 1. The van der Waals surface area contributed by atoms with Crippen LogP contribution in [0, 0.1) is 0 Å². The van der Waals surface area contributed by atoms with Gasteiger partial charge < -0.3 is 15.8 Å². The second kappa shape index (κ2) is 7.53. The quantitative estimate of drug-likeness (QED) is 0.653. The molecule has 7 heteroatoms. The Kier molecular flexibility index (Phi) is 5.46. The van der Waals surface area contributed by atoms with Gasteiger partial charge in [0.25, 0.3) is 0 Å². The van der Waals surface area contributed by atoms with Crippen molar-refractivity contribution in [2.75, 3.05) is 11.9 Å². The van der Waals surface area contributed by atoms with E-state index in [1.165, 1.54) is 6.07 Å². The fraction of sp³-hybridized carbons (Fsp3) is 0.188. The molecule has 0 spiro atoms. The Morgan fingerprint density at radius 1 is 1.04 bits per heavy atom. The molecule has 0 bridgehead atoms. The van der Waals surface area contributed by atoms with Crippen molar-refractivity contribution in [3.8, 4) is 5.75 Å². The van der Waals surface area contributed by atoms with Crippen LogP contribution in [-0.2, 0) is 6.54 Å². The minimum atomic E-state index is -4.38. The van der Waals surface area contributed by atoms with Crippen molar-refractivity contribution in [2.45, 2.75) is 12.7 Å². The molecule has 4 nitrogen and oxygen atoms in total. The minimum absolute atomic E-state index is 0.111. The van der Waals surface area contributed by atoms with Gasteiger partial charge in [-0.05, 0) is 18.2 Å². The number of nitrogens with one attached hydrogen (secondary N) is 1. The first-order valence-corrected chi connectivity index (χ1v) is 6.83. The van der Waals surface area contributed by atoms with Crippen LogP contribution in [-0.4, -0.2) is 18.7 Å². The van der Waals surface area contributed by atoms with Crippen LogP contribution < -0.4 is 15.8 Å². The lowest BCUT2D eigenvalue weighted by atomic mass is 10.2. The number of aliphatic imine (C=N–C) groups is 1. The third-order valence-corrected chi connectivity index (χ3v) is 2.83. The highest BCUT2D eigenvalue weighted by atomic mass is 19.4. The number of alkyl halides is 3. The Hall–Kier alpha value is -2.70. The molecule has 3 N–H and O–H groups in total. The molecule has 2 aromatic carbocycles. The molecule has 2 rings (SSSR count). The van der Waals surface area contributed by atoms with Crippen LogP contribution in [0.15, 0.2) is 59.6 Å². The van der Waals surface area contributed by atoms with Gasteiger partial charge in [-0.15, -0.1) is 0 Å². The van der Waals surface area contributed by atoms with Gasteiger partial charge in [-0.2, -0.15) is 13.2 Å². The normalized spacial score (nSPS) is 12.0. The molecule has 0 unspecified atom stereocenters. The summed E-state index contributed by atoms with van der Waals surface area (Å²) < 4.78 is 41.5. The highest BCUT2D eigenvalue weighted by Crippen LogP contribution is 2.22. The monoisotopic (exact) mass is 323 g/mol. The predicted molar refractivity (Wildman–Crippen MR) is 83.4 cm³/mol. The number of para-hydroxylation sites is 2. The van der Waals surface area contributed by atoms with E-state index in [4.69, 9.17) is 10.5 Å². The molecule has 0 aromatic heterocycles. The van der Waals surface area contributed by atoms with E-state index in [0.29, 0.717) is 5.56 Å². The Labute approximate surface area is 131 Å². The molecule has 2 aromatic rings. The first kappa shape index (κ1) is 16.7. The van der Waals surface area contributed by atoms with Crippen molar-refractivity contribution in [3.05, 3.63) is 60.2 Å². The Balaban J connectivity index is 2.00. The molecule has 0 saturated heterocycles. The lowest BCUT2D eigenvalue weighted by molar-refractivity contribution is -0.153. The summed E-state index contributed by atoms with van der Waals surface area (Å²) in [5, 5.41) is 2.89. The van der Waals surface area contributed by atoms with E-state index >= 15 is 0 Å².